The Hall–Kier alpha value is -2.71. The molecule has 0 saturated carbocycles. The van der Waals surface area contributed by atoms with Crippen molar-refractivity contribution < 1.29 is 22.7 Å². The number of aliphatic carboxylic acids is 1. The summed E-state index contributed by atoms with van der Waals surface area (Å²) in [6.45, 7) is 2.57. The van der Waals surface area contributed by atoms with E-state index in [0.717, 1.165) is 24.8 Å². The van der Waals surface area contributed by atoms with Gasteiger partial charge in [-0.05, 0) is 55.2 Å². The number of hydrogen-bond donors (Lipinski definition) is 1. The van der Waals surface area contributed by atoms with Gasteiger partial charge in [-0.3, -0.25) is 4.79 Å². The second-order valence-electron chi connectivity index (χ2n) is 7.95. The number of carbonyl (C=O) groups is 1. The molecule has 8 heteroatoms. The van der Waals surface area contributed by atoms with Crippen LogP contribution in [0.4, 0.5) is 4.39 Å². The molecule has 0 atom stereocenters. The van der Waals surface area contributed by atoms with Gasteiger partial charge < -0.3 is 9.67 Å². The molecule has 0 amide bonds. The molecule has 1 fully saturated rings. The van der Waals surface area contributed by atoms with Crippen molar-refractivity contribution in [2.75, 3.05) is 13.1 Å². The zero-order chi connectivity index (χ0) is 22.2. The van der Waals surface area contributed by atoms with Gasteiger partial charge in [0.25, 0.3) is 0 Å². The first-order valence-corrected chi connectivity index (χ1v) is 11.8. The van der Waals surface area contributed by atoms with Crippen molar-refractivity contribution in [2.45, 2.75) is 44.0 Å². The lowest BCUT2D eigenvalue weighted by molar-refractivity contribution is -0.137. The molecule has 1 saturated heterocycles. The van der Waals surface area contributed by atoms with E-state index in [0.29, 0.717) is 35.2 Å². The fraction of sp³-hybridized carbons (Fsp3) is 0.348. The third-order valence-electron chi connectivity index (χ3n) is 5.98. The van der Waals surface area contributed by atoms with Crippen molar-refractivity contribution in [3.05, 3.63) is 65.1 Å². The number of hydrogen-bond acceptors (Lipinski definition) is 3. The lowest BCUT2D eigenvalue weighted by Gasteiger charge is -2.26. The predicted octanol–water partition coefficient (Wildman–Crippen LogP) is 3.94. The topological polar surface area (TPSA) is 79.6 Å². The van der Waals surface area contributed by atoms with Gasteiger partial charge in [-0.15, -0.1) is 0 Å². The highest BCUT2D eigenvalue weighted by Gasteiger charge is 2.28. The van der Waals surface area contributed by atoms with E-state index in [2.05, 4.69) is 0 Å². The minimum Gasteiger partial charge on any atom is -0.480 e. The summed E-state index contributed by atoms with van der Waals surface area (Å²) in [6, 6.07) is 11.1. The van der Waals surface area contributed by atoms with E-state index in [1.807, 2.05) is 0 Å². The van der Waals surface area contributed by atoms with Crippen LogP contribution in [0.2, 0.25) is 0 Å². The highest BCUT2D eigenvalue weighted by Crippen LogP contribution is 2.31. The monoisotopic (exact) mass is 444 g/mol. The second kappa shape index (κ2) is 8.43. The Morgan fingerprint density at radius 1 is 1.10 bits per heavy atom. The smallest absolute Gasteiger partial charge is 0.323 e. The van der Waals surface area contributed by atoms with Gasteiger partial charge in [-0.2, -0.15) is 4.31 Å². The number of sulfonamides is 1. The number of carboxylic acid groups (broad SMARTS) is 1. The molecule has 2 heterocycles. The minimum absolute atomic E-state index is 0.248. The maximum Gasteiger partial charge on any atom is 0.323 e. The molecule has 0 unspecified atom stereocenters. The second-order valence-corrected chi connectivity index (χ2v) is 9.86. The molecule has 3 aromatic rings. The first-order valence-electron chi connectivity index (χ1n) is 10.4. The summed E-state index contributed by atoms with van der Waals surface area (Å²) in [7, 11) is -3.64. The van der Waals surface area contributed by atoms with E-state index >= 15 is 0 Å². The zero-order valence-electron chi connectivity index (χ0n) is 17.3. The fourth-order valence-corrected chi connectivity index (χ4v) is 6.16. The lowest BCUT2D eigenvalue weighted by Crippen LogP contribution is -2.36. The molecule has 0 aliphatic carbocycles. The molecule has 0 radical (unpaired) electrons. The van der Waals surface area contributed by atoms with Crippen LogP contribution in [-0.4, -0.2) is 41.5 Å². The molecule has 1 aliphatic heterocycles. The molecule has 1 aromatic heterocycles. The normalized spacial score (nSPS) is 15.4. The predicted molar refractivity (Wildman–Crippen MR) is 116 cm³/mol. The summed E-state index contributed by atoms with van der Waals surface area (Å²) in [5.41, 5.74) is 2.66. The van der Waals surface area contributed by atoms with Crippen LogP contribution < -0.4 is 0 Å². The highest BCUT2D eigenvalue weighted by molar-refractivity contribution is 7.89. The maximum atomic E-state index is 14.0. The van der Waals surface area contributed by atoms with Gasteiger partial charge in [-0.1, -0.05) is 24.6 Å². The van der Waals surface area contributed by atoms with Gasteiger partial charge >= 0.3 is 5.97 Å². The Labute approximate surface area is 181 Å². The van der Waals surface area contributed by atoms with Crippen molar-refractivity contribution >= 4 is 26.9 Å². The lowest BCUT2D eigenvalue weighted by atomic mass is 10.0. The van der Waals surface area contributed by atoms with Crippen molar-refractivity contribution in [1.29, 1.82) is 0 Å². The van der Waals surface area contributed by atoms with Crippen LogP contribution in [0, 0.1) is 12.7 Å². The van der Waals surface area contributed by atoms with Crippen molar-refractivity contribution in [1.82, 2.24) is 8.87 Å². The minimum atomic E-state index is -3.64. The number of halogens is 1. The van der Waals surface area contributed by atoms with Crippen LogP contribution in [0.3, 0.4) is 0 Å². The number of benzene rings is 2. The summed E-state index contributed by atoms with van der Waals surface area (Å²) in [5, 5.41) is 9.92. The Kier molecular flexibility index (Phi) is 5.85. The Morgan fingerprint density at radius 3 is 2.52 bits per heavy atom. The van der Waals surface area contributed by atoms with Crippen molar-refractivity contribution in [2.24, 2.45) is 0 Å². The molecule has 0 bridgehead atoms. The summed E-state index contributed by atoms with van der Waals surface area (Å²) in [4.78, 5) is 11.6. The van der Waals surface area contributed by atoms with E-state index in [4.69, 9.17) is 0 Å². The zero-order valence-corrected chi connectivity index (χ0v) is 18.2. The molecular formula is C23H25FN2O4S. The molecule has 1 N–H and O–H groups in total. The Bertz CT molecular complexity index is 1240. The average molecular weight is 445 g/mol. The molecule has 4 rings (SSSR count). The summed E-state index contributed by atoms with van der Waals surface area (Å²) >= 11 is 0. The Balaban J connectivity index is 1.81. The number of fused-ring (bicyclic) bond motifs is 1. The molecule has 1 aliphatic rings. The van der Waals surface area contributed by atoms with Gasteiger partial charge in [0.2, 0.25) is 10.0 Å². The summed E-state index contributed by atoms with van der Waals surface area (Å²) in [6.07, 6.45) is 2.99. The molecule has 31 heavy (non-hydrogen) atoms. The van der Waals surface area contributed by atoms with E-state index in [1.165, 1.54) is 16.4 Å². The van der Waals surface area contributed by atoms with E-state index in [1.54, 1.807) is 41.8 Å². The van der Waals surface area contributed by atoms with Crippen LogP contribution in [0.15, 0.2) is 47.4 Å². The van der Waals surface area contributed by atoms with Crippen LogP contribution in [0.25, 0.3) is 10.9 Å². The number of carboxylic acids is 1. The van der Waals surface area contributed by atoms with Crippen molar-refractivity contribution in [3.8, 4) is 0 Å². The Morgan fingerprint density at radius 2 is 1.81 bits per heavy atom. The van der Waals surface area contributed by atoms with Gasteiger partial charge in [0.1, 0.15) is 12.4 Å². The highest BCUT2D eigenvalue weighted by atomic mass is 32.2. The van der Waals surface area contributed by atoms with Crippen LogP contribution in [-0.2, 0) is 27.8 Å². The van der Waals surface area contributed by atoms with Gasteiger partial charge in [0, 0.05) is 36.1 Å². The molecule has 0 spiro atoms. The van der Waals surface area contributed by atoms with Gasteiger partial charge in [0.05, 0.1) is 4.90 Å². The van der Waals surface area contributed by atoms with Crippen molar-refractivity contribution in [3.63, 3.8) is 0 Å². The molecular weight excluding hydrogens is 419 g/mol. The van der Waals surface area contributed by atoms with E-state index in [9.17, 15) is 22.7 Å². The quantitative estimate of drug-likeness (QED) is 0.625. The number of rotatable bonds is 6. The van der Waals surface area contributed by atoms with Gasteiger partial charge in [-0.25, -0.2) is 12.8 Å². The molecule has 164 valence electrons. The third-order valence-corrected chi connectivity index (χ3v) is 7.98. The van der Waals surface area contributed by atoms with Crippen LogP contribution >= 0.6 is 0 Å². The SMILES string of the molecule is Cc1c(Cc2ccccc2S(=O)(=O)N2CCCCC2)c2cc(F)ccc2n1CC(=O)O. The number of aromatic nitrogens is 1. The average Bonchev–Trinajstić information content (AvgIpc) is 2.99. The number of piperidine rings is 1. The standard InChI is InChI=1S/C23H25FN2O4S/c1-16-19(20-14-18(24)9-10-21(20)26(16)15-23(27)28)13-17-7-3-4-8-22(17)31(29,30)25-11-5-2-6-12-25/h3-4,7-10,14H,2,5-6,11-13,15H2,1H3,(H,27,28). The molecule has 6 nitrogen and oxygen atoms in total. The van der Waals surface area contributed by atoms with Gasteiger partial charge in [0.15, 0.2) is 0 Å². The summed E-state index contributed by atoms with van der Waals surface area (Å²) < 4.78 is 43.9. The first kappa shape index (κ1) is 21.5. The first-order chi connectivity index (χ1) is 14.8. The van der Waals surface area contributed by atoms with E-state index in [-0.39, 0.29) is 17.9 Å². The molecule has 2 aromatic carbocycles. The number of nitrogens with zero attached hydrogens (tertiary/aromatic N) is 2. The van der Waals surface area contributed by atoms with E-state index < -0.39 is 21.8 Å². The van der Waals surface area contributed by atoms with Crippen LogP contribution in [0.5, 0.6) is 0 Å². The third kappa shape index (κ3) is 4.09. The maximum absolute atomic E-state index is 14.0. The summed E-state index contributed by atoms with van der Waals surface area (Å²) in [5.74, 6) is -1.42. The fourth-order valence-electron chi connectivity index (χ4n) is 4.42. The van der Waals surface area contributed by atoms with Crippen LogP contribution in [0.1, 0.15) is 36.1 Å². The largest absolute Gasteiger partial charge is 0.480 e.